The van der Waals surface area contributed by atoms with Crippen molar-refractivity contribution in [3.05, 3.63) is 82.4 Å². The Kier molecular flexibility index (Phi) is 5.52. The monoisotopic (exact) mass is 432 g/mol. The van der Waals surface area contributed by atoms with Crippen molar-refractivity contribution < 1.29 is 19.4 Å². The molecule has 1 fully saturated rings. The minimum absolute atomic E-state index is 0.0337. The number of hydrogen-bond acceptors (Lipinski definition) is 6. The molecule has 1 aliphatic heterocycles. The second-order valence-corrected chi connectivity index (χ2v) is 7.73. The van der Waals surface area contributed by atoms with E-state index in [1.807, 2.05) is 12.1 Å². The summed E-state index contributed by atoms with van der Waals surface area (Å²) in [6.45, 7) is 3.73. The number of likely N-dealkylation sites (tertiary alicyclic amines) is 1. The Hall–Kier alpha value is -3.94. The van der Waals surface area contributed by atoms with E-state index < -0.39 is 17.7 Å². The number of carbonyl (C=O) groups is 2. The number of aliphatic hydroxyl groups excluding tert-OH is 1. The molecule has 0 spiro atoms. The van der Waals surface area contributed by atoms with Gasteiger partial charge in [0.2, 0.25) is 0 Å². The molecular weight excluding hydrogens is 408 g/mol. The summed E-state index contributed by atoms with van der Waals surface area (Å²) >= 11 is 0. The van der Waals surface area contributed by atoms with Crippen LogP contribution in [0.3, 0.4) is 0 Å². The molecule has 1 unspecified atom stereocenters. The van der Waals surface area contributed by atoms with Gasteiger partial charge in [-0.2, -0.15) is 5.10 Å². The molecule has 1 amide bonds. The lowest BCUT2D eigenvalue weighted by Gasteiger charge is -2.25. The van der Waals surface area contributed by atoms with Crippen LogP contribution in [0.5, 0.6) is 5.75 Å². The topological polar surface area (TPSA) is 97.5 Å². The van der Waals surface area contributed by atoms with Crippen molar-refractivity contribution in [2.75, 3.05) is 7.11 Å². The molecule has 1 aromatic carbocycles. The molecule has 0 bridgehead atoms. The Balaban J connectivity index is 1.92. The van der Waals surface area contributed by atoms with Crippen molar-refractivity contribution in [3.63, 3.8) is 0 Å². The third-order valence-electron chi connectivity index (χ3n) is 5.77. The lowest BCUT2D eigenvalue weighted by Crippen LogP contribution is -2.29. The number of amides is 1. The molecule has 1 N–H and O–H groups in total. The number of aliphatic hydroxyl groups is 1. The van der Waals surface area contributed by atoms with Crippen LogP contribution in [0.15, 0.2) is 54.4 Å². The maximum atomic E-state index is 13.2. The number of aryl methyl sites for hydroxylation is 2. The van der Waals surface area contributed by atoms with E-state index in [2.05, 4.69) is 10.1 Å². The number of ketones is 1. The van der Waals surface area contributed by atoms with Crippen LogP contribution in [0.25, 0.3) is 5.76 Å². The van der Waals surface area contributed by atoms with E-state index >= 15 is 0 Å². The average molecular weight is 432 g/mol. The van der Waals surface area contributed by atoms with E-state index in [-0.39, 0.29) is 17.9 Å². The molecule has 32 heavy (non-hydrogen) atoms. The predicted molar refractivity (Wildman–Crippen MR) is 118 cm³/mol. The fraction of sp³-hybridized carbons (Fsp3) is 0.250. The number of rotatable bonds is 5. The van der Waals surface area contributed by atoms with E-state index in [0.29, 0.717) is 28.3 Å². The standard InChI is InChI=1S/C24H24N4O4/c1-14-19(15(2)27(3)26-14)22(29)20-21(17-8-5-9-18(11-17)32-4)28(24(31)23(20)30)13-16-7-6-10-25-12-16/h5-12,21,29H,13H2,1-4H3. The first-order chi connectivity index (χ1) is 15.3. The van der Waals surface area contributed by atoms with Crippen LogP contribution in [0.4, 0.5) is 0 Å². The number of nitrogens with zero attached hydrogens (tertiary/aromatic N) is 4. The highest BCUT2D eigenvalue weighted by Gasteiger charge is 2.46. The van der Waals surface area contributed by atoms with Gasteiger partial charge in [-0.25, -0.2) is 0 Å². The summed E-state index contributed by atoms with van der Waals surface area (Å²) in [7, 11) is 3.31. The van der Waals surface area contributed by atoms with Gasteiger partial charge in [0.1, 0.15) is 11.5 Å². The number of hydrogen-bond donors (Lipinski definition) is 1. The second kappa shape index (κ2) is 8.30. The van der Waals surface area contributed by atoms with Gasteiger partial charge < -0.3 is 14.7 Å². The summed E-state index contributed by atoms with van der Waals surface area (Å²) in [6, 6.07) is 9.98. The largest absolute Gasteiger partial charge is 0.507 e. The van der Waals surface area contributed by atoms with Crippen molar-refractivity contribution >= 4 is 17.4 Å². The number of pyridine rings is 1. The van der Waals surface area contributed by atoms with Crippen molar-refractivity contribution in [2.45, 2.75) is 26.4 Å². The number of aromatic nitrogens is 3. The SMILES string of the molecule is COc1cccc(C2C(=C(O)c3c(C)nn(C)c3C)C(=O)C(=O)N2Cc2cccnc2)c1. The summed E-state index contributed by atoms with van der Waals surface area (Å²) in [5.41, 5.74) is 3.20. The van der Waals surface area contributed by atoms with E-state index in [1.54, 1.807) is 69.3 Å². The molecule has 1 saturated heterocycles. The number of Topliss-reactive ketones (excluding diaryl/α,β-unsaturated/α-hetero) is 1. The van der Waals surface area contributed by atoms with E-state index in [9.17, 15) is 14.7 Å². The van der Waals surface area contributed by atoms with Crippen LogP contribution in [-0.2, 0) is 23.2 Å². The van der Waals surface area contributed by atoms with Crippen LogP contribution < -0.4 is 4.74 Å². The smallest absolute Gasteiger partial charge is 0.295 e. The number of carbonyl (C=O) groups excluding carboxylic acids is 2. The zero-order valence-electron chi connectivity index (χ0n) is 18.4. The predicted octanol–water partition coefficient (Wildman–Crippen LogP) is 3.06. The molecule has 0 aliphatic carbocycles. The van der Waals surface area contributed by atoms with Crippen LogP contribution in [0, 0.1) is 13.8 Å². The molecule has 3 aromatic rings. The molecule has 8 heteroatoms. The molecule has 1 aliphatic rings. The van der Waals surface area contributed by atoms with Gasteiger partial charge in [0.15, 0.2) is 0 Å². The second-order valence-electron chi connectivity index (χ2n) is 7.73. The zero-order valence-corrected chi connectivity index (χ0v) is 18.4. The lowest BCUT2D eigenvalue weighted by molar-refractivity contribution is -0.140. The van der Waals surface area contributed by atoms with Crippen LogP contribution in [0.2, 0.25) is 0 Å². The molecule has 2 aromatic heterocycles. The molecule has 3 heterocycles. The minimum Gasteiger partial charge on any atom is -0.507 e. The van der Waals surface area contributed by atoms with Crippen molar-refractivity contribution in [3.8, 4) is 5.75 Å². The van der Waals surface area contributed by atoms with Gasteiger partial charge in [0.25, 0.3) is 11.7 Å². The first-order valence-electron chi connectivity index (χ1n) is 10.1. The maximum Gasteiger partial charge on any atom is 0.295 e. The van der Waals surface area contributed by atoms with Crippen LogP contribution in [0.1, 0.15) is 34.1 Å². The summed E-state index contributed by atoms with van der Waals surface area (Å²) < 4.78 is 6.99. The molecular formula is C24H24N4O4. The minimum atomic E-state index is -0.788. The quantitative estimate of drug-likeness (QED) is 0.378. The Morgan fingerprint density at radius 1 is 1.19 bits per heavy atom. The molecule has 1 atom stereocenters. The Morgan fingerprint density at radius 2 is 1.97 bits per heavy atom. The third-order valence-corrected chi connectivity index (χ3v) is 5.77. The van der Waals surface area contributed by atoms with Gasteiger partial charge in [0, 0.05) is 31.7 Å². The molecule has 164 valence electrons. The maximum absolute atomic E-state index is 13.2. The number of benzene rings is 1. The molecule has 4 rings (SSSR count). The van der Waals surface area contributed by atoms with Crippen LogP contribution in [-0.4, -0.2) is 43.6 Å². The first-order valence-corrected chi connectivity index (χ1v) is 10.1. The van der Waals surface area contributed by atoms with E-state index in [4.69, 9.17) is 4.74 Å². The summed E-state index contributed by atoms with van der Waals surface area (Å²) in [4.78, 5) is 31.9. The molecule has 8 nitrogen and oxygen atoms in total. The molecule has 0 radical (unpaired) electrons. The Bertz CT molecular complexity index is 1230. The van der Waals surface area contributed by atoms with Gasteiger partial charge in [-0.05, 0) is 43.2 Å². The van der Waals surface area contributed by atoms with Crippen LogP contribution >= 0.6 is 0 Å². The van der Waals surface area contributed by atoms with Crippen molar-refractivity contribution in [1.82, 2.24) is 19.7 Å². The Morgan fingerprint density at radius 3 is 2.59 bits per heavy atom. The highest BCUT2D eigenvalue weighted by molar-refractivity contribution is 6.46. The summed E-state index contributed by atoms with van der Waals surface area (Å²) in [5.74, 6) is -1.06. The molecule has 0 saturated carbocycles. The lowest BCUT2D eigenvalue weighted by atomic mass is 9.94. The van der Waals surface area contributed by atoms with Gasteiger partial charge in [0.05, 0.1) is 30.0 Å². The normalized spacial score (nSPS) is 17.8. The van der Waals surface area contributed by atoms with Gasteiger partial charge in [-0.15, -0.1) is 0 Å². The average Bonchev–Trinajstić information content (AvgIpc) is 3.20. The zero-order chi connectivity index (χ0) is 23.0. The van der Waals surface area contributed by atoms with Gasteiger partial charge in [-0.1, -0.05) is 18.2 Å². The van der Waals surface area contributed by atoms with Crippen molar-refractivity contribution in [2.24, 2.45) is 7.05 Å². The summed E-state index contributed by atoms with van der Waals surface area (Å²) in [5, 5.41) is 15.7. The Labute approximate surface area is 185 Å². The number of ether oxygens (including phenoxy) is 1. The van der Waals surface area contributed by atoms with E-state index in [0.717, 1.165) is 5.56 Å². The fourth-order valence-corrected chi connectivity index (χ4v) is 4.14. The first kappa shape index (κ1) is 21.3. The fourth-order valence-electron chi connectivity index (χ4n) is 4.14. The number of methoxy groups -OCH3 is 1. The highest BCUT2D eigenvalue weighted by Crippen LogP contribution is 2.41. The van der Waals surface area contributed by atoms with Crippen molar-refractivity contribution in [1.29, 1.82) is 0 Å². The summed E-state index contributed by atoms with van der Waals surface area (Å²) in [6.07, 6.45) is 3.29. The highest BCUT2D eigenvalue weighted by atomic mass is 16.5. The van der Waals surface area contributed by atoms with Gasteiger partial charge in [-0.3, -0.25) is 19.3 Å². The van der Waals surface area contributed by atoms with Gasteiger partial charge >= 0.3 is 0 Å². The van der Waals surface area contributed by atoms with E-state index in [1.165, 1.54) is 4.90 Å². The third kappa shape index (κ3) is 3.53.